The summed E-state index contributed by atoms with van der Waals surface area (Å²) in [6.45, 7) is 0.640. The van der Waals surface area contributed by atoms with Crippen LogP contribution in [-0.4, -0.2) is 21.6 Å². The van der Waals surface area contributed by atoms with E-state index in [0.29, 0.717) is 12.1 Å². The van der Waals surface area contributed by atoms with Crippen molar-refractivity contribution >= 4 is 45.3 Å². The second-order valence-electron chi connectivity index (χ2n) is 10.9. The molecule has 1 amide bonds. The molecule has 6 aromatic rings. The summed E-state index contributed by atoms with van der Waals surface area (Å²) in [4.78, 5) is 27.6. The van der Waals surface area contributed by atoms with Crippen molar-refractivity contribution in [3.63, 3.8) is 0 Å². The molecule has 1 aliphatic rings. The van der Waals surface area contributed by atoms with Gasteiger partial charge in [0.1, 0.15) is 0 Å². The summed E-state index contributed by atoms with van der Waals surface area (Å²) in [5.41, 5.74) is 3.37. The standard InChI is InChI=1S/C36H28N2O3S/c39-34(37-36(17-18-36)29-14-12-26(13-15-29)35(40)41)32-22-31(42-30-8-2-1-3-9-30)21-28-16-19-38(33(28)32)23-24-10-11-25-6-4-5-7-27(25)20-24/h1-16,19-22H,17-18,23H2,(H,37,39)(H,40,41). The molecular formula is C36H28N2O3S. The Kier molecular flexibility index (Phi) is 6.56. The van der Waals surface area contributed by atoms with Gasteiger partial charge >= 0.3 is 5.97 Å². The van der Waals surface area contributed by atoms with Gasteiger partial charge in [-0.05, 0) is 83.3 Å². The SMILES string of the molecule is O=C(O)c1ccc(C2(NC(=O)c3cc(Sc4ccccc4)cc4ccn(Cc5ccc6ccccc6c5)c34)CC2)cc1. The Morgan fingerprint density at radius 3 is 2.24 bits per heavy atom. The van der Waals surface area contributed by atoms with Crippen LogP contribution in [0.5, 0.6) is 0 Å². The normalized spacial score (nSPS) is 13.7. The number of hydrogen-bond donors (Lipinski definition) is 2. The molecule has 0 radical (unpaired) electrons. The van der Waals surface area contributed by atoms with E-state index in [4.69, 9.17) is 0 Å². The van der Waals surface area contributed by atoms with Crippen molar-refractivity contribution in [1.82, 2.24) is 9.88 Å². The molecule has 1 aliphatic carbocycles. The molecule has 0 atom stereocenters. The van der Waals surface area contributed by atoms with E-state index in [9.17, 15) is 14.7 Å². The van der Waals surface area contributed by atoms with Gasteiger partial charge in [0.15, 0.2) is 0 Å². The first-order chi connectivity index (χ1) is 20.5. The number of carbonyl (C=O) groups is 2. The molecule has 1 heterocycles. The van der Waals surface area contributed by atoms with Gasteiger partial charge < -0.3 is 15.0 Å². The second kappa shape index (κ2) is 10.5. The van der Waals surface area contributed by atoms with Crippen molar-refractivity contribution in [2.24, 2.45) is 0 Å². The lowest BCUT2D eigenvalue weighted by molar-refractivity contribution is 0.0696. The molecular weight excluding hydrogens is 540 g/mol. The molecule has 206 valence electrons. The van der Waals surface area contributed by atoms with Gasteiger partial charge in [0.25, 0.3) is 5.91 Å². The molecule has 42 heavy (non-hydrogen) atoms. The van der Waals surface area contributed by atoms with Crippen LogP contribution in [0.4, 0.5) is 0 Å². The number of amides is 1. The average Bonchev–Trinajstić information content (AvgIpc) is 3.69. The Labute approximate surface area is 247 Å². The van der Waals surface area contributed by atoms with E-state index in [2.05, 4.69) is 76.7 Å². The van der Waals surface area contributed by atoms with Crippen LogP contribution in [-0.2, 0) is 12.1 Å². The summed E-state index contributed by atoms with van der Waals surface area (Å²) in [6.07, 6.45) is 3.68. The fourth-order valence-electron chi connectivity index (χ4n) is 5.67. The van der Waals surface area contributed by atoms with Gasteiger partial charge in [-0.15, -0.1) is 0 Å². The third kappa shape index (κ3) is 5.06. The maximum Gasteiger partial charge on any atom is 0.335 e. The summed E-state index contributed by atoms with van der Waals surface area (Å²) in [7, 11) is 0. The molecule has 1 fully saturated rings. The molecule has 1 saturated carbocycles. The quantitative estimate of drug-likeness (QED) is 0.195. The average molecular weight is 569 g/mol. The van der Waals surface area contributed by atoms with E-state index in [1.165, 1.54) is 10.8 Å². The number of aromatic carboxylic acids is 1. The van der Waals surface area contributed by atoms with E-state index in [0.717, 1.165) is 44.7 Å². The van der Waals surface area contributed by atoms with Crippen LogP contribution in [0.15, 0.2) is 131 Å². The maximum absolute atomic E-state index is 14.1. The van der Waals surface area contributed by atoms with E-state index in [1.807, 2.05) is 42.5 Å². The summed E-state index contributed by atoms with van der Waals surface area (Å²) in [6, 6.07) is 38.1. The Bertz CT molecular complexity index is 1960. The minimum absolute atomic E-state index is 0.131. The van der Waals surface area contributed by atoms with Gasteiger partial charge in [0.05, 0.1) is 22.2 Å². The summed E-state index contributed by atoms with van der Waals surface area (Å²) < 4.78 is 2.16. The van der Waals surface area contributed by atoms with Crippen LogP contribution >= 0.6 is 11.8 Å². The first kappa shape index (κ1) is 26.1. The molecule has 2 N–H and O–H groups in total. The van der Waals surface area contributed by atoms with Gasteiger partial charge in [-0.3, -0.25) is 4.79 Å². The predicted octanol–water partition coefficient (Wildman–Crippen LogP) is 8.11. The van der Waals surface area contributed by atoms with Crippen LogP contribution in [0.3, 0.4) is 0 Å². The largest absolute Gasteiger partial charge is 0.478 e. The Hall–Kier alpha value is -4.81. The topological polar surface area (TPSA) is 71.3 Å². The predicted molar refractivity (Wildman–Crippen MR) is 167 cm³/mol. The molecule has 6 heteroatoms. The minimum Gasteiger partial charge on any atom is -0.478 e. The van der Waals surface area contributed by atoms with Crippen LogP contribution in [0.25, 0.3) is 21.7 Å². The summed E-state index contributed by atoms with van der Waals surface area (Å²) in [5.74, 6) is -1.09. The number of carboxylic acid groups (broad SMARTS) is 1. The summed E-state index contributed by atoms with van der Waals surface area (Å²) >= 11 is 1.64. The van der Waals surface area contributed by atoms with Gasteiger partial charge in [-0.1, -0.05) is 78.5 Å². The molecule has 0 bridgehead atoms. The fraction of sp³-hybridized carbons (Fsp3) is 0.111. The fourth-order valence-corrected chi connectivity index (χ4v) is 6.60. The van der Waals surface area contributed by atoms with E-state index < -0.39 is 11.5 Å². The molecule has 0 aliphatic heterocycles. The van der Waals surface area contributed by atoms with Crippen molar-refractivity contribution in [2.45, 2.75) is 34.7 Å². The number of hydrogen-bond acceptors (Lipinski definition) is 3. The lowest BCUT2D eigenvalue weighted by Crippen LogP contribution is -2.35. The maximum atomic E-state index is 14.1. The third-order valence-corrected chi connectivity index (χ3v) is 8.99. The molecule has 7 rings (SSSR count). The van der Waals surface area contributed by atoms with Crippen molar-refractivity contribution < 1.29 is 14.7 Å². The number of fused-ring (bicyclic) bond motifs is 2. The number of nitrogens with zero attached hydrogens (tertiary/aromatic N) is 1. The lowest BCUT2D eigenvalue weighted by Gasteiger charge is -2.20. The van der Waals surface area contributed by atoms with E-state index in [1.54, 1.807) is 23.9 Å². The molecule has 0 saturated heterocycles. The van der Waals surface area contributed by atoms with Crippen molar-refractivity contribution in [2.75, 3.05) is 0 Å². The first-order valence-electron chi connectivity index (χ1n) is 14.0. The Morgan fingerprint density at radius 2 is 1.50 bits per heavy atom. The highest BCUT2D eigenvalue weighted by Crippen LogP contribution is 2.46. The summed E-state index contributed by atoms with van der Waals surface area (Å²) in [5, 5.41) is 16.0. The zero-order valence-electron chi connectivity index (χ0n) is 22.8. The zero-order valence-corrected chi connectivity index (χ0v) is 23.6. The highest BCUT2D eigenvalue weighted by atomic mass is 32.2. The van der Waals surface area contributed by atoms with E-state index in [-0.39, 0.29) is 11.5 Å². The number of benzene rings is 5. The van der Waals surface area contributed by atoms with Crippen LogP contribution in [0.2, 0.25) is 0 Å². The highest BCUT2D eigenvalue weighted by Gasteiger charge is 2.46. The molecule has 1 aromatic heterocycles. The number of nitrogens with one attached hydrogen (secondary N) is 1. The highest BCUT2D eigenvalue weighted by molar-refractivity contribution is 7.99. The van der Waals surface area contributed by atoms with Gasteiger partial charge in [0.2, 0.25) is 0 Å². The third-order valence-electron chi connectivity index (χ3n) is 8.01. The minimum atomic E-state index is -0.960. The van der Waals surface area contributed by atoms with Crippen molar-refractivity contribution in [3.05, 3.63) is 144 Å². The first-order valence-corrected chi connectivity index (χ1v) is 14.8. The smallest absolute Gasteiger partial charge is 0.335 e. The molecule has 0 spiro atoms. The van der Waals surface area contributed by atoms with Crippen LogP contribution < -0.4 is 5.32 Å². The van der Waals surface area contributed by atoms with Gasteiger partial charge in [-0.25, -0.2) is 4.79 Å². The van der Waals surface area contributed by atoms with E-state index >= 15 is 0 Å². The Morgan fingerprint density at radius 1 is 0.762 bits per heavy atom. The van der Waals surface area contributed by atoms with Gasteiger partial charge in [0, 0.05) is 27.9 Å². The number of carboxylic acids is 1. The van der Waals surface area contributed by atoms with Crippen molar-refractivity contribution in [3.8, 4) is 0 Å². The number of aromatic nitrogens is 1. The molecule has 5 aromatic carbocycles. The second-order valence-corrected chi connectivity index (χ2v) is 12.0. The molecule has 5 nitrogen and oxygen atoms in total. The van der Waals surface area contributed by atoms with Gasteiger partial charge in [-0.2, -0.15) is 0 Å². The van der Waals surface area contributed by atoms with Crippen LogP contribution in [0.1, 0.15) is 44.7 Å². The van der Waals surface area contributed by atoms with Crippen molar-refractivity contribution in [1.29, 1.82) is 0 Å². The van der Waals surface area contributed by atoms with Crippen LogP contribution in [0, 0.1) is 0 Å². The zero-order chi connectivity index (χ0) is 28.7. The molecule has 0 unspecified atom stereocenters. The number of carbonyl (C=O) groups excluding carboxylic acids is 1. The number of rotatable bonds is 8. The lowest BCUT2D eigenvalue weighted by atomic mass is 10.0. The Balaban J connectivity index is 1.26. The monoisotopic (exact) mass is 568 g/mol.